The number of halogens is 2. The Morgan fingerprint density at radius 2 is 1.79 bits per heavy atom. The molecule has 0 unspecified atom stereocenters. The monoisotopic (exact) mass is 523 g/mol. The van der Waals surface area contributed by atoms with Gasteiger partial charge >= 0.3 is 0 Å². The predicted molar refractivity (Wildman–Crippen MR) is 130 cm³/mol. The minimum Gasteiger partial charge on any atom is -0.333 e. The molecule has 0 radical (unpaired) electrons. The first kappa shape index (κ1) is 23.7. The minimum absolute atomic E-state index is 0.150. The van der Waals surface area contributed by atoms with Gasteiger partial charge in [-0.25, -0.2) is 8.42 Å². The summed E-state index contributed by atoms with van der Waals surface area (Å²) in [5.41, 5.74) is 1.66. The number of carbonyl (C=O) groups excluding carboxylic acids is 1. The van der Waals surface area contributed by atoms with Gasteiger partial charge in [-0.15, -0.1) is 0 Å². The van der Waals surface area contributed by atoms with Crippen molar-refractivity contribution in [3.05, 3.63) is 84.5 Å². The Balaban J connectivity index is 1.71. The van der Waals surface area contributed by atoms with Crippen molar-refractivity contribution in [3.63, 3.8) is 0 Å². The maximum Gasteiger partial charge on any atom is 0.262 e. The predicted octanol–water partition coefficient (Wildman–Crippen LogP) is 4.19. The second-order valence-electron chi connectivity index (χ2n) is 7.91. The number of H-pyrrole nitrogens is 1. The average Bonchev–Trinajstić information content (AvgIpc) is 2.75. The van der Waals surface area contributed by atoms with Gasteiger partial charge in [-0.05, 0) is 68.0 Å². The zero-order chi connectivity index (χ0) is 24.1. The smallest absolute Gasteiger partial charge is 0.262 e. The van der Waals surface area contributed by atoms with Crippen LogP contribution in [0.15, 0.2) is 52.2 Å². The molecule has 0 fully saturated rings. The van der Waals surface area contributed by atoms with Crippen molar-refractivity contribution < 1.29 is 13.2 Å². The lowest BCUT2D eigenvalue weighted by molar-refractivity contribution is 0.0653. The van der Waals surface area contributed by atoms with Crippen LogP contribution in [0.3, 0.4) is 0 Å². The summed E-state index contributed by atoms with van der Waals surface area (Å²) in [4.78, 5) is 31.3. The fraction of sp³-hybridized carbons (Fsp3) is 0.227. The van der Waals surface area contributed by atoms with Gasteiger partial charge in [-0.1, -0.05) is 23.2 Å². The summed E-state index contributed by atoms with van der Waals surface area (Å²) in [6.45, 7) is 2.05. The van der Waals surface area contributed by atoms with E-state index in [2.05, 4.69) is 4.98 Å². The molecule has 0 aliphatic carbocycles. The van der Waals surface area contributed by atoms with Crippen LogP contribution in [0.25, 0.3) is 5.69 Å². The number of benzene rings is 2. The van der Waals surface area contributed by atoms with E-state index in [9.17, 15) is 18.0 Å². The fourth-order valence-electron chi connectivity index (χ4n) is 3.84. The number of fused-ring (bicyclic) bond motifs is 1. The lowest BCUT2D eigenvalue weighted by atomic mass is 9.98. The van der Waals surface area contributed by atoms with Crippen molar-refractivity contribution in [2.24, 2.45) is 0 Å². The number of rotatable bonds is 3. The molecule has 3 aromatic rings. The Hall–Kier alpha value is -2.46. The van der Waals surface area contributed by atoms with Crippen LogP contribution in [-0.2, 0) is 22.8 Å². The molecule has 2 heterocycles. The lowest BCUT2D eigenvalue weighted by Gasteiger charge is -2.34. The number of amides is 1. The molecule has 1 aliphatic heterocycles. The number of sulfone groups is 1. The molecule has 1 aromatic heterocycles. The van der Waals surface area contributed by atoms with E-state index in [1.165, 1.54) is 22.8 Å². The minimum atomic E-state index is -3.36. The van der Waals surface area contributed by atoms with Crippen LogP contribution >= 0.6 is 35.4 Å². The Labute approximate surface area is 205 Å². The van der Waals surface area contributed by atoms with Crippen molar-refractivity contribution in [1.29, 1.82) is 0 Å². The zero-order valence-electron chi connectivity index (χ0n) is 17.6. The summed E-state index contributed by atoms with van der Waals surface area (Å²) in [5.74, 6) is -0.230. The van der Waals surface area contributed by atoms with Gasteiger partial charge in [-0.2, -0.15) is 0 Å². The Kier molecular flexibility index (Phi) is 6.26. The molecule has 0 saturated carbocycles. The Morgan fingerprint density at radius 1 is 1.12 bits per heavy atom. The highest BCUT2D eigenvalue weighted by Gasteiger charge is 2.30. The van der Waals surface area contributed by atoms with E-state index in [0.29, 0.717) is 34.0 Å². The van der Waals surface area contributed by atoms with E-state index >= 15 is 0 Å². The maximum absolute atomic E-state index is 13.3. The molecular formula is C22H19Cl2N3O4S2. The molecule has 33 heavy (non-hydrogen) atoms. The van der Waals surface area contributed by atoms with E-state index in [1.54, 1.807) is 29.2 Å². The van der Waals surface area contributed by atoms with E-state index in [0.717, 1.165) is 6.26 Å². The first-order valence-corrected chi connectivity index (χ1v) is 13.0. The maximum atomic E-state index is 13.3. The molecular weight excluding hydrogens is 505 g/mol. The molecule has 2 aromatic carbocycles. The largest absolute Gasteiger partial charge is 0.333 e. The first-order valence-electron chi connectivity index (χ1n) is 9.91. The zero-order valence-corrected chi connectivity index (χ0v) is 20.8. The molecule has 4 rings (SSSR count). The topological polar surface area (TPSA) is 92.2 Å². The van der Waals surface area contributed by atoms with Crippen LogP contribution in [0.4, 0.5) is 0 Å². The third-order valence-corrected chi connectivity index (χ3v) is 7.75. The third-order valence-electron chi connectivity index (χ3n) is 5.60. The quantitative estimate of drug-likeness (QED) is 0.519. The van der Waals surface area contributed by atoms with Gasteiger partial charge in [0, 0.05) is 29.1 Å². The van der Waals surface area contributed by atoms with Crippen LogP contribution in [0, 0.1) is 4.77 Å². The summed E-state index contributed by atoms with van der Waals surface area (Å²) in [5, 5.41) is 0.649. The summed E-state index contributed by atoms with van der Waals surface area (Å²) in [6.07, 6.45) is 1.44. The van der Waals surface area contributed by atoms with Crippen LogP contribution in [0.5, 0.6) is 0 Å². The van der Waals surface area contributed by atoms with Gasteiger partial charge in [0.05, 0.1) is 27.2 Å². The molecule has 11 heteroatoms. The Bertz CT molecular complexity index is 1500. The van der Waals surface area contributed by atoms with Gasteiger partial charge in [0.15, 0.2) is 14.6 Å². The van der Waals surface area contributed by atoms with Gasteiger partial charge < -0.3 is 9.88 Å². The van der Waals surface area contributed by atoms with Crippen molar-refractivity contribution in [1.82, 2.24) is 14.5 Å². The van der Waals surface area contributed by atoms with Crippen LogP contribution in [-0.4, -0.2) is 41.1 Å². The van der Waals surface area contributed by atoms with Gasteiger partial charge in [0.25, 0.3) is 11.5 Å². The molecule has 1 aliphatic rings. The van der Waals surface area contributed by atoms with E-state index < -0.39 is 9.84 Å². The van der Waals surface area contributed by atoms with Gasteiger partial charge in [-0.3, -0.25) is 14.2 Å². The van der Waals surface area contributed by atoms with Crippen LogP contribution < -0.4 is 5.56 Å². The van der Waals surface area contributed by atoms with Crippen molar-refractivity contribution in [2.75, 3.05) is 6.26 Å². The number of nitrogens with one attached hydrogen (secondary N) is 1. The van der Waals surface area contributed by atoms with E-state index in [1.807, 2.05) is 6.92 Å². The second-order valence-corrected chi connectivity index (χ2v) is 11.1. The van der Waals surface area contributed by atoms with Crippen molar-refractivity contribution >= 4 is 51.2 Å². The normalized spacial score (nSPS) is 15.9. The molecule has 0 spiro atoms. The number of aromatic nitrogens is 2. The second kappa shape index (κ2) is 8.72. The van der Waals surface area contributed by atoms with E-state index in [4.69, 9.17) is 35.4 Å². The average molecular weight is 524 g/mol. The molecule has 172 valence electrons. The lowest BCUT2D eigenvalue weighted by Crippen LogP contribution is -2.45. The van der Waals surface area contributed by atoms with Gasteiger partial charge in [0.1, 0.15) is 0 Å². The highest BCUT2D eigenvalue weighted by molar-refractivity contribution is 7.90. The number of aromatic amines is 1. The standard InChI is InChI=1S/C22H19Cl2N3O4S2/c1-12-9-16-19(11-26(12)20(28)13-3-8-17(23)18(24)10-13)25-22(32)27(21(16)29)14-4-6-15(7-5-14)33(2,30)31/h3-8,10,12H,9,11H2,1-2H3,(H,25,32)/t12-/m1/s1. The molecule has 1 N–H and O–H groups in total. The molecule has 1 atom stereocenters. The van der Waals surface area contributed by atoms with E-state index in [-0.39, 0.29) is 38.7 Å². The summed E-state index contributed by atoms with van der Waals surface area (Å²) in [6, 6.07) is 10.4. The molecule has 7 nitrogen and oxygen atoms in total. The molecule has 0 bridgehead atoms. The number of hydrogen-bond donors (Lipinski definition) is 1. The highest BCUT2D eigenvalue weighted by atomic mass is 35.5. The van der Waals surface area contributed by atoms with Crippen molar-refractivity contribution in [2.45, 2.75) is 30.8 Å². The molecule has 1 amide bonds. The summed E-state index contributed by atoms with van der Waals surface area (Å²) < 4.78 is 24.9. The van der Waals surface area contributed by atoms with Crippen LogP contribution in [0.1, 0.15) is 28.5 Å². The van der Waals surface area contributed by atoms with Crippen molar-refractivity contribution in [3.8, 4) is 5.69 Å². The number of carbonyl (C=O) groups is 1. The SMILES string of the molecule is C[C@@H]1Cc2c([nH]c(=S)n(-c3ccc(S(C)(=O)=O)cc3)c2=O)CN1C(=O)c1ccc(Cl)c(Cl)c1. The first-order chi connectivity index (χ1) is 15.5. The molecule has 0 saturated heterocycles. The fourth-order valence-corrected chi connectivity index (χ4v) is 5.08. The number of nitrogens with zero attached hydrogens (tertiary/aromatic N) is 2. The highest BCUT2D eigenvalue weighted by Crippen LogP contribution is 2.26. The van der Waals surface area contributed by atoms with Crippen LogP contribution in [0.2, 0.25) is 10.0 Å². The third kappa shape index (κ3) is 4.50. The Morgan fingerprint density at radius 3 is 2.39 bits per heavy atom. The summed E-state index contributed by atoms with van der Waals surface area (Å²) >= 11 is 17.4. The van der Waals surface area contributed by atoms with Gasteiger partial charge in [0.2, 0.25) is 0 Å². The number of hydrogen-bond acceptors (Lipinski definition) is 5. The summed E-state index contributed by atoms with van der Waals surface area (Å²) in [7, 11) is -3.36.